The normalized spacial score (nSPS) is 17.0. The van der Waals surface area contributed by atoms with Crippen LogP contribution in [0.3, 0.4) is 0 Å². The molecule has 6 heteroatoms. The highest BCUT2D eigenvalue weighted by Gasteiger charge is 2.17. The van der Waals surface area contributed by atoms with E-state index in [4.69, 9.17) is 0 Å². The Morgan fingerprint density at radius 1 is 1.29 bits per heavy atom. The lowest BCUT2D eigenvalue weighted by Gasteiger charge is -2.12. The van der Waals surface area contributed by atoms with Gasteiger partial charge in [0.25, 0.3) is 5.91 Å². The molecule has 1 unspecified atom stereocenters. The molecule has 0 spiro atoms. The van der Waals surface area contributed by atoms with E-state index in [1.54, 1.807) is 6.07 Å². The van der Waals surface area contributed by atoms with Crippen molar-refractivity contribution in [3.63, 3.8) is 0 Å². The van der Waals surface area contributed by atoms with E-state index < -0.39 is 0 Å². The summed E-state index contributed by atoms with van der Waals surface area (Å²) in [5, 5.41) is 9.15. The average molecular weight is 332 g/mol. The lowest BCUT2D eigenvalue weighted by Crippen LogP contribution is -2.32. The highest BCUT2D eigenvalue weighted by Crippen LogP contribution is 2.09. The van der Waals surface area contributed by atoms with E-state index >= 15 is 0 Å². The number of likely N-dealkylation sites (N-methyl/N-ethyl adjacent to an activating group) is 1. The molecule has 24 heavy (non-hydrogen) atoms. The molecule has 1 atom stereocenters. The van der Waals surface area contributed by atoms with Crippen LogP contribution < -0.4 is 16.0 Å². The fraction of sp³-hybridized carbons (Fsp3) is 0.556. The van der Waals surface area contributed by atoms with Gasteiger partial charge in [0.2, 0.25) is 5.91 Å². The van der Waals surface area contributed by atoms with Gasteiger partial charge in [0.05, 0.1) is 0 Å². The Kier molecular flexibility index (Phi) is 7.21. The average Bonchev–Trinajstić information content (AvgIpc) is 3.05. The van der Waals surface area contributed by atoms with Crippen molar-refractivity contribution in [1.29, 1.82) is 0 Å². The summed E-state index contributed by atoms with van der Waals surface area (Å²) >= 11 is 0. The summed E-state index contributed by atoms with van der Waals surface area (Å²) in [6.07, 6.45) is 2.73. The molecular weight excluding hydrogens is 304 g/mol. The minimum Gasteiger partial charge on any atom is -0.352 e. The number of nitrogens with zero attached hydrogens (tertiary/aromatic N) is 1. The molecule has 1 aliphatic rings. The molecule has 0 radical (unpaired) electrons. The second kappa shape index (κ2) is 9.39. The largest absolute Gasteiger partial charge is 0.352 e. The molecule has 2 rings (SSSR count). The predicted octanol–water partition coefficient (Wildman–Crippen LogP) is 0.736. The Morgan fingerprint density at radius 3 is 2.83 bits per heavy atom. The number of benzene rings is 1. The van der Waals surface area contributed by atoms with Crippen molar-refractivity contribution < 1.29 is 9.59 Å². The highest BCUT2D eigenvalue weighted by atomic mass is 16.2. The number of carbonyl (C=O) groups excluding carboxylic acids is 2. The second-order valence-electron chi connectivity index (χ2n) is 6.53. The molecule has 1 saturated heterocycles. The number of hydrogen-bond acceptors (Lipinski definition) is 4. The highest BCUT2D eigenvalue weighted by molar-refractivity contribution is 5.94. The minimum absolute atomic E-state index is 0.0511. The summed E-state index contributed by atoms with van der Waals surface area (Å²) in [6, 6.07) is 7.70. The maximum Gasteiger partial charge on any atom is 0.251 e. The van der Waals surface area contributed by atoms with Gasteiger partial charge >= 0.3 is 0 Å². The van der Waals surface area contributed by atoms with Crippen molar-refractivity contribution in [2.45, 2.75) is 31.8 Å². The minimum atomic E-state index is -0.0832. The fourth-order valence-corrected chi connectivity index (χ4v) is 2.75. The van der Waals surface area contributed by atoms with Crippen LogP contribution in [-0.2, 0) is 11.3 Å². The molecule has 0 saturated carbocycles. The Balaban J connectivity index is 1.78. The van der Waals surface area contributed by atoms with Crippen LogP contribution >= 0.6 is 0 Å². The third-order valence-corrected chi connectivity index (χ3v) is 4.12. The van der Waals surface area contributed by atoms with Crippen LogP contribution in [0, 0.1) is 0 Å². The zero-order valence-electron chi connectivity index (χ0n) is 14.6. The maximum absolute atomic E-state index is 12.1. The monoisotopic (exact) mass is 332 g/mol. The molecule has 1 heterocycles. The van der Waals surface area contributed by atoms with Crippen LogP contribution in [0.1, 0.15) is 35.2 Å². The zero-order chi connectivity index (χ0) is 17.4. The molecule has 1 aliphatic heterocycles. The molecule has 3 N–H and O–H groups in total. The smallest absolute Gasteiger partial charge is 0.251 e. The van der Waals surface area contributed by atoms with E-state index in [1.165, 1.54) is 0 Å². The summed E-state index contributed by atoms with van der Waals surface area (Å²) < 4.78 is 0. The number of carbonyl (C=O) groups is 2. The van der Waals surface area contributed by atoms with Gasteiger partial charge in [-0.15, -0.1) is 0 Å². The van der Waals surface area contributed by atoms with Crippen LogP contribution in [-0.4, -0.2) is 56.5 Å². The summed E-state index contributed by atoms with van der Waals surface area (Å²) in [5.41, 5.74) is 1.56. The number of rotatable bonds is 8. The lowest BCUT2D eigenvalue weighted by atomic mass is 10.1. The van der Waals surface area contributed by atoms with Crippen LogP contribution in [0.4, 0.5) is 0 Å². The van der Waals surface area contributed by atoms with Gasteiger partial charge in [-0.25, -0.2) is 0 Å². The Bertz CT molecular complexity index is 554. The van der Waals surface area contributed by atoms with Crippen molar-refractivity contribution in [2.75, 3.05) is 33.7 Å². The van der Waals surface area contributed by atoms with E-state index in [0.29, 0.717) is 31.1 Å². The van der Waals surface area contributed by atoms with E-state index in [2.05, 4.69) is 16.0 Å². The summed E-state index contributed by atoms with van der Waals surface area (Å²) in [5.74, 6) is -0.0320. The predicted molar refractivity (Wildman–Crippen MR) is 94.8 cm³/mol. The topological polar surface area (TPSA) is 73.5 Å². The second-order valence-corrected chi connectivity index (χ2v) is 6.53. The molecule has 1 aromatic carbocycles. The Morgan fingerprint density at radius 2 is 2.12 bits per heavy atom. The van der Waals surface area contributed by atoms with Gasteiger partial charge in [0, 0.05) is 37.7 Å². The number of amides is 2. The lowest BCUT2D eigenvalue weighted by molar-refractivity contribution is -0.121. The molecule has 0 aliphatic carbocycles. The van der Waals surface area contributed by atoms with Crippen molar-refractivity contribution >= 4 is 11.8 Å². The quantitative estimate of drug-likeness (QED) is 0.656. The molecular formula is C18H28N4O2. The first kappa shape index (κ1) is 18.4. The number of nitrogens with one attached hydrogen (secondary N) is 3. The van der Waals surface area contributed by atoms with Crippen molar-refractivity contribution in [3.05, 3.63) is 35.4 Å². The summed E-state index contributed by atoms with van der Waals surface area (Å²) in [6.45, 7) is 2.87. The Labute approximate surface area is 144 Å². The number of hydrogen-bond donors (Lipinski definition) is 3. The zero-order valence-corrected chi connectivity index (χ0v) is 14.6. The summed E-state index contributed by atoms with van der Waals surface area (Å²) in [4.78, 5) is 26.1. The van der Waals surface area contributed by atoms with Gasteiger partial charge in [-0.1, -0.05) is 12.1 Å². The Hall–Kier alpha value is -1.92. The van der Waals surface area contributed by atoms with Gasteiger partial charge in [-0.2, -0.15) is 0 Å². The third kappa shape index (κ3) is 6.29. The molecule has 132 valence electrons. The van der Waals surface area contributed by atoms with Crippen molar-refractivity contribution in [2.24, 2.45) is 0 Å². The molecule has 0 bridgehead atoms. The van der Waals surface area contributed by atoms with E-state index in [0.717, 1.165) is 31.5 Å². The standard InChI is InChI=1S/C18H28N4O2/c1-22(2)10-9-20-18(24)15-6-3-5-14(11-15)13-21-17(23)12-16-7-4-8-19-16/h3,5-6,11,16,19H,4,7-10,12-13H2,1-2H3,(H,20,24)(H,21,23). The van der Waals surface area contributed by atoms with Crippen LogP contribution in [0.15, 0.2) is 24.3 Å². The van der Waals surface area contributed by atoms with E-state index in [1.807, 2.05) is 37.2 Å². The van der Waals surface area contributed by atoms with Crippen LogP contribution in [0.2, 0.25) is 0 Å². The molecule has 2 amide bonds. The van der Waals surface area contributed by atoms with Crippen molar-refractivity contribution in [3.8, 4) is 0 Å². The van der Waals surface area contributed by atoms with Gasteiger partial charge in [0.1, 0.15) is 0 Å². The van der Waals surface area contributed by atoms with Gasteiger partial charge < -0.3 is 20.9 Å². The molecule has 1 aromatic rings. The first-order chi connectivity index (χ1) is 11.5. The van der Waals surface area contributed by atoms with Crippen LogP contribution in [0.5, 0.6) is 0 Å². The van der Waals surface area contributed by atoms with Gasteiger partial charge in [-0.3, -0.25) is 9.59 Å². The molecule has 0 aromatic heterocycles. The maximum atomic E-state index is 12.1. The fourth-order valence-electron chi connectivity index (χ4n) is 2.75. The van der Waals surface area contributed by atoms with Crippen molar-refractivity contribution in [1.82, 2.24) is 20.9 Å². The molecule has 6 nitrogen and oxygen atoms in total. The van der Waals surface area contributed by atoms with Gasteiger partial charge in [0.15, 0.2) is 0 Å². The third-order valence-electron chi connectivity index (χ3n) is 4.12. The molecule has 1 fully saturated rings. The van der Waals surface area contributed by atoms with Gasteiger partial charge in [-0.05, 0) is 51.2 Å². The summed E-state index contributed by atoms with van der Waals surface area (Å²) in [7, 11) is 3.94. The first-order valence-electron chi connectivity index (χ1n) is 8.56. The van der Waals surface area contributed by atoms with E-state index in [-0.39, 0.29) is 11.8 Å². The first-order valence-corrected chi connectivity index (χ1v) is 8.56. The SMILES string of the molecule is CN(C)CCNC(=O)c1cccc(CNC(=O)CC2CCCN2)c1. The van der Waals surface area contributed by atoms with Crippen LogP contribution in [0.25, 0.3) is 0 Å². The van der Waals surface area contributed by atoms with E-state index in [9.17, 15) is 9.59 Å².